The van der Waals surface area contributed by atoms with Crippen LogP contribution in [0.1, 0.15) is 23.5 Å². The van der Waals surface area contributed by atoms with E-state index < -0.39 is 11.7 Å². The Morgan fingerprint density at radius 1 is 1.35 bits per heavy atom. The summed E-state index contributed by atoms with van der Waals surface area (Å²) in [5, 5.41) is 3.07. The summed E-state index contributed by atoms with van der Waals surface area (Å²) in [6.07, 6.45) is -3.85. The maximum atomic E-state index is 12.7. The Hall–Kier alpha value is -1.56. The predicted octanol–water partition coefficient (Wildman–Crippen LogP) is 2.57. The zero-order valence-electron chi connectivity index (χ0n) is 11.0. The molecule has 1 heterocycles. The van der Waals surface area contributed by atoms with Crippen LogP contribution in [-0.4, -0.2) is 26.2 Å². The minimum absolute atomic E-state index is 0.116. The number of hydrogen-bond acceptors (Lipinski definition) is 3. The SMILES string of the molecule is COC(=O)C1CNCC(c2cccc(C(F)(F)F)c2)C1. The second kappa shape index (κ2) is 5.83. The van der Waals surface area contributed by atoms with Gasteiger partial charge in [0.1, 0.15) is 0 Å². The van der Waals surface area contributed by atoms with Gasteiger partial charge in [-0.3, -0.25) is 4.79 Å². The van der Waals surface area contributed by atoms with E-state index in [-0.39, 0.29) is 17.8 Å². The van der Waals surface area contributed by atoms with Crippen molar-refractivity contribution >= 4 is 5.97 Å². The molecular formula is C14H16F3NO2. The van der Waals surface area contributed by atoms with E-state index in [2.05, 4.69) is 5.32 Å². The first kappa shape index (κ1) is 14.8. The van der Waals surface area contributed by atoms with E-state index in [9.17, 15) is 18.0 Å². The van der Waals surface area contributed by atoms with E-state index in [4.69, 9.17) is 4.74 Å². The third kappa shape index (κ3) is 3.30. The third-order valence-electron chi connectivity index (χ3n) is 3.57. The molecule has 2 unspecified atom stereocenters. The van der Waals surface area contributed by atoms with Gasteiger partial charge in [0.05, 0.1) is 18.6 Å². The first-order chi connectivity index (χ1) is 9.41. The fourth-order valence-electron chi connectivity index (χ4n) is 2.51. The number of piperidine rings is 1. The quantitative estimate of drug-likeness (QED) is 0.850. The van der Waals surface area contributed by atoms with Gasteiger partial charge in [-0.05, 0) is 24.0 Å². The zero-order valence-corrected chi connectivity index (χ0v) is 11.0. The molecule has 0 aliphatic carbocycles. The van der Waals surface area contributed by atoms with Gasteiger partial charge in [-0.15, -0.1) is 0 Å². The van der Waals surface area contributed by atoms with Crippen LogP contribution in [-0.2, 0) is 15.7 Å². The smallest absolute Gasteiger partial charge is 0.416 e. The second-order valence-electron chi connectivity index (χ2n) is 4.93. The number of nitrogens with one attached hydrogen (secondary N) is 1. The molecule has 2 atom stereocenters. The number of alkyl halides is 3. The van der Waals surface area contributed by atoms with Crippen molar-refractivity contribution in [3.05, 3.63) is 35.4 Å². The summed E-state index contributed by atoms with van der Waals surface area (Å²) in [7, 11) is 1.32. The van der Waals surface area contributed by atoms with Crippen LogP contribution in [0.3, 0.4) is 0 Å². The molecule has 6 heteroatoms. The summed E-state index contributed by atoms with van der Waals surface area (Å²) < 4.78 is 42.8. The average molecular weight is 287 g/mol. The molecule has 0 amide bonds. The van der Waals surface area contributed by atoms with E-state index in [1.54, 1.807) is 6.07 Å². The highest BCUT2D eigenvalue weighted by Gasteiger charge is 2.33. The van der Waals surface area contributed by atoms with Gasteiger partial charge in [0.15, 0.2) is 0 Å². The third-order valence-corrected chi connectivity index (χ3v) is 3.57. The average Bonchev–Trinajstić information content (AvgIpc) is 2.46. The van der Waals surface area contributed by atoms with Crippen LogP contribution in [0, 0.1) is 5.92 Å². The molecule has 0 bridgehead atoms. The van der Waals surface area contributed by atoms with Crippen LogP contribution in [0.25, 0.3) is 0 Å². The maximum Gasteiger partial charge on any atom is 0.416 e. The van der Waals surface area contributed by atoms with Gasteiger partial charge >= 0.3 is 12.1 Å². The molecule has 2 rings (SSSR count). The van der Waals surface area contributed by atoms with Gasteiger partial charge in [-0.2, -0.15) is 13.2 Å². The molecule has 0 spiro atoms. The van der Waals surface area contributed by atoms with Crippen LogP contribution < -0.4 is 5.32 Å². The maximum absolute atomic E-state index is 12.7. The largest absolute Gasteiger partial charge is 0.469 e. The first-order valence-corrected chi connectivity index (χ1v) is 6.37. The van der Waals surface area contributed by atoms with Crippen molar-refractivity contribution in [3.63, 3.8) is 0 Å². The normalized spacial score (nSPS) is 23.4. The van der Waals surface area contributed by atoms with Crippen molar-refractivity contribution in [2.75, 3.05) is 20.2 Å². The lowest BCUT2D eigenvalue weighted by molar-refractivity contribution is -0.146. The molecule has 0 saturated carbocycles. The van der Waals surface area contributed by atoms with Gasteiger partial charge in [0, 0.05) is 13.1 Å². The lowest BCUT2D eigenvalue weighted by Crippen LogP contribution is -2.39. The standard InChI is InChI=1S/C14H16F3NO2/c1-20-13(19)11-5-10(7-18-8-11)9-3-2-4-12(6-9)14(15,16)17/h2-4,6,10-11,18H,5,7-8H2,1H3. The second-order valence-corrected chi connectivity index (χ2v) is 4.93. The summed E-state index contributed by atoms with van der Waals surface area (Å²) in [5.41, 5.74) is -0.0591. The van der Waals surface area contributed by atoms with E-state index >= 15 is 0 Å². The summed E-state index contributed by atoms with van der Waals surface area (Å²) in [6, 6.07) is 5.28. The Morgan fingerprint density at radius 2 is 2.10 bits per heavy atom. The van der Waals surface area contributed by atoms with Crippen molar-refractivity contribution in [1.29, 1.82) is 0 Å². The lowest BCUT2D eigenvalue weighted by Gasteiger charge is -2.29. The molecule has 110 valence electrons. The van der Waals surface area contributed by atoms with Gasteiger partial charge in [0.25, 0.3) is 0 Å². The van der Waals surface area contributed by atoms with Crippen LogP contribution in [0.15, 0.2) is 24.3 Å². The van der Waals surface area contributed by atoms with Gasteiger partial charge in [-0.1, -0.05) is 18.2 Å². The summed E-state index contributed by atoms with van der Waals surface area (Å²) in [4.78, 5) is 11.5. The molecule has 20 heavy (non-hydrogen) atoms. The number of ether oxygens (including phenoxy) is 1. The van der Waals surface area contributed by atoms with E-state index in [1.165, 1.54) is 13.2 Å². The Labute approximate surface area is 115 Å². The molecule has 1 aromatic rings. The van der Waals surface area contributed by atoms with E-state index in [0.29, 0.717) is 25.1 Å². The van der Waals surface area contributed by atoms with Gasteiger partial charge < -0.3 is 10.1 Å². The number of hydrogen-bond donors (Lipinski definition) is 1. The van der Waals surface area contributed by atoms with Gasteiger partial charge in [-0.25, -0.2) is 0 Å². The fraction of sp³-hybridized carbons (Fsp3) is 0.500. The van der Waals surface area contributed by atoms with Crippen molar-refractivity contribution in [1.82, 2.24) is 5.32 Å². The fourth-order valence-corrected chi connectivity index (χ4v) is 2.51. The highest BCUT2D eigenvalue weighted by Crippen LogP contribution is 2.33. The highest BCUT2D eigenvalue weighted by molar-refractivity contribution is 5.72. The lowest BCUT2D eigenvalue weighted by atomic mass is 9.85. The molecule has 1 saturated heterocycles. The predicted molar refractivity (Wildman–Crippen MR) is 67.2 cm³/mol. The van der Waals surface area contributed by atoms with Crippen LogP contribution in [0.2, 0.25) is 0 Å². The van der Waals surface area contributed by atoms with Crippen molar-refractivity contribution in [2.45, 2.75) is 18.5 Å². The summed E-state index contributed by atoms with van der Waals surface area (Å²) in [5.74, 6) is -0.752. The number of carbonyl (C=O) groups excluding carboxylic acids is 1. The van der Waals surface area contributed by atoms with Crippen molar-refractivity contribution in [2.24, 2.45) is 5.92 Å². The molecule has 1 aliphatic heterocycles. The Morgan fingerprint density at radius 3 is 2.75 bits per heavy atom. The molecule has 0 radical (unpaired) electrons. The molecule has 1 aliphatic rings. The number of carbonyl (C=O) groups is 1. The van der Waals surface area contributed by atoms with E-state index in [0.717, 1.165) is 12.1 Å². The number of halogens is 3. The molecular weight excluding hydrogens is 271 g/mol. The van der Waals surface area contributed by atoms with Crippen molar-refractivity contribution in [3.8, 4) is 0 Å². The van der Waals surface area contributed by atoms with Crippen LogP contribution in [0.4, 0.5) is 13.2 Å². The number of methoxy groups -OCH3 is 1. The molecule has 0 aromatic heterocycles. The molecule has 1 aromatic carbocycles. The molecule has 3 nitrogen and oxygen atoms in total. The number of rotatable bonds is 2. The summed E-state index contributed by atoms with van der Waals surface area (Å²) >= 11 is 0. The number of benzene rings is 1. The molecule has 1 N–H and O–H groups in total. The van der Waals surface area contributed by atoms with Crippen molar-refractivity contribution < 1.29 is 22.7 Å². The monoisotopic (exact) mass is 287 g/mol. The Balaban J connectivity index is 2.17. The minimum Gasteiger partial charge on any atom is -0.469 e. The topological polar surface area (TPSA) is 38.3 Å². The van der Waals surface area contributed by atoms with Crippen LogP contribution >= 0.6 is 0 Å². The van der Waals surface area contributed by atoms with E-state index in [1.807, 2.05) is 0 Å². The zero-order chi connectivity index (χ0) is 14.8. The Bertz CT molecular complexity index is 488. The molecule has 1 fully saturated rings. The summed E-state index contributed by atoms with van der Waals surface area (Å²) in [6.45, 7) is 1.07. The Kier molecular flexibility index (Phi) is 4.32. The minimum atomic E-state index is -4.35. The number of esters is 1. The van der Waals surface area contributed by atoms with Crippen LogP contribution in [0.5, 0.6) is 0 Å². The first-order valence-electron chi connectivity index (χ1n) is 6.37. The highest BCUT2D eigenvalue weighted by atomic mass is 19.4. The van der Waals surface area contributed by atoms with Gasteiger partial charge in [0.2, 0.25) is 0 Å².